The van der Waals surface area contributed by atoms with E-state index >= 15 is 0 Å². The van der Waals surface area contributed by atoms with E-state index in [9.17, 15) is 9.18 Å². The minimum atomic E-state index is -2.33. The summed E-state index contributed by atoms with van der Waals surface area (Å²) in [4.78, 5) is 10.3. The molecule has 0 aliphatic rings. The van der Waals surface area contributed by atoms with Gasteiger partial charge in [-0.3, -0.25) is 0 Å². The number of benzene rings is 1. The van der Waals surface area contributed by atoms with E-state index in [-0.39, 0.29) is 5.75 Å². The number of carbonyl (C=O) groups is 1. The molecule has 3 nitrogen and oxygen atoms in total. The number of ether oxygens (including phenoxy) is 1. The van der Waals surface area contributed by atoms with Crippen LogP contribution in [0.4, 0.5) is 4.39 Å². The first kappa shape index (κ1) is 13.7. The Labute approximate surface area is 126 Å². The molecule has 0 aliphatic heterocycles. The van der Waals surface area contributed by atoms with Crippen molar-refractivity contribution < 1.29 is 19.0 Å². The second-order valence-corrected chi connectivity index (χ2v) is 6.04. The Morgan fingerprint density at radius 1 is 1.33 bits per heavy atom. The lowest BCUT2D eigenvalue weighted by atomic mass is 10.3. The molecule has 1 aromatic carbocycles. The first-order chi connectivity index (χ1) is 6.91. The highest BCUT2D eigenvalue weighted by molar-refractivity contribution is 14.1. The van der Waals surface area contributed by atoms with E-state index in [1.165, 1.54) is 0 Å². The zero-order valence-corrected chi connectivity index (χ0v) is 13.5. The predicted octanol–water partition coefficient (Wildman–Crippen LogP) is 3.26. The van der Waals surface area contributed by atoms with E-state index in [1.807, 2.05) is 45.2 Å². The summed E-state index contributed by atoms with van der Waals surface area (Å²) in [5.41, 5.74) is 0. The molecule has 0 spiro atoms. The van der Waals surface area contributed by atoms with Crippen molar-refractivity contribution in [1.29, 1.82) is 0 Å². The molecule has 0 bridgehead atoms. The summed E-state index contributed by atoms with van der Waals surface area (Å²) in [7, 11) is 0. The molecule has 0 radical (unpaired) electrons. The van der Waals surface area contributed by atoms with Crippen molar-refractivity contribution in [2.24, 2.45) is 0 Å². The van der Waals surface area contributed by atoms with Crippen molar-refractivity contribution in [3.8, 4) is 5.75 Å². The molecule has 15 heavy (non-hydrogen) atoms. The molecule has 7 heteroatoms. The van der Waals surface area contributed by atoms with Gasteiger partial charge >= 0.3 is 12.3 Å². The van der Waals surface area contributed by atoms with Crippen molar-refractivity contribution in [1.82, 2.24) is 0 Å². The number of carboxylic acids is 1. The van der Waals surface area contributed by atoms with E-state index in [0.717, 1.165) is 3.57 Å². The van der Waals surface area contributed by atoms with Gasteiger partial charge in [0, 0.05) is 3.57 Å². The minimum absolute atomic E-state index is 0.270. The molecule has 0 amide bonds. The van der Waals surface area contributed by atoms with Crippen LogP contribution in [-0.4, -0.2) is 17.4 Å². The molecule has 1 unspecified atom stereocenters. The lowest BCUT2D eigenvalue weighted by molar-refractivity contribution is -0.153. The van der Waals surface area contributed by atoms with Crippen molar-refractivity contribution in [2.75, 3.05) is 0 Å². The van der Waals surface area contributed by atoms with Crippen LogP contribution < -0.4 is 4.74 Å². The Hall–Kier alpha value is 0.610. The van der Waals surface area contributed by atoms with Crippen LogP contribution in [0.15, 0.2) is 12.1 Å². The highest BCUT2D eigenvalue weighted by Gasteiger charge is 2.20. The quantitative estimate of drug-likeness (QED) is 0.591. The van der Waals surface area contributed by atoms with Crippen molar-refractivity contribution in [3.05, 3.63) is 22.8 Å². The first-order valence-corrected chi connectivity index (χ1v) is 6.83. The molecule has 0 aliphatic carbocycles. The molecule has 0 heterocycles. The fourth-order valence-electron chi connectivity index (χ4n) is 0.795. The average molecular weight is 548 g/mol. The largest absolute Gasteiger partial charge is 0.476 e. The van der Waals surface area contributed by atoms with Gasteiger partial charge in [-0.05, 0) is 79.9 Å². The van der Waals surface area contributed by atoms with Crippen LogP contribution in [0.25, 0.3) is 0 Å². The summed E-state index contributed by atoms with van der Waals surface area (Å²) < 4.78 is 19.9. The fraction of sp³-hybridized carbons (Fsp3) is 0.125. The molecule has 1 rings (SSSR count). The lowest BCUT2D eigenvalue weighted by Crippen LogP contribution is -2.22. The Kier molecular flexibility index (Phi) is 5.28. The van der Waals surface area contributed by atoms with Gasteiger partial charge in [0.1, 0.15) is 0 Å². The predicted molar refractivity (Wildman–Crippen MR) is 77.8 cm³/mol. The summed E-state index contributed by atoms with van der Waals surface area (Å²) in [5, 5.41) is 8.37. The van der Waals surface area contributed by atoms with Crippen LogP contribution in [0.1, 0.15) is 0 Å². The van der Waals surface area contributed by atoms with E-state index in [0.29, 0.717) is 7.14 Å². The van der Waals surface area contributed by atoms with Gasteiger partial charge in [0.2, 0.25) is 0 Å². The molecule has 1 atom stereocenters. The van der Waals surface area contributed by atoms with Gasteiger partial charge in [-0.1, -0.05) is 0 Å². The van der Waals surface area contributed by atoms with Gasteiger partial charge in [-0.2, -0.15) is 4.39 Å². The zero-order chi connectivity index (χ0) is 11.6. The van der Waals surface area contributed by atoms with E-state index in [4.69, 9.17) is 9.84 Å². The number of aliphatic carboxylic acids is 1. The summed E-state index contributed by atoms with van der Waals surface area (Å²) in [6.07, 6.45) is -2.33. The number of halogens is 4. The SMILES string of the molecule is O=C(O)C(F)Oc1c(I)cc(I)cc1I. The monoisotopic (exact) mass is 548 g/mol. The second kappa shape index (κ2) is 5.80. The number of rotatable bonds is 3. The minimum Gasteiger partial charge on any atom is -0.476 e. The maximum atomic E-state index is 12.8. The molecule has 1 aromatic rings. The summed E-state index contributed by atoms with van der Waals surface area (Å²) in [6, 6.07) is 3.57. The number of carboxylic acid groups (broad SMARTS) is 1. The van der Waals surface area contributed by atoms with Gasteiger partial charge in [-0.15, -0.1) is 0 Å². The van der Waals surface area contributed by atoms with Gasteiger partial charge in [0.15, 0.2) is 5.75 Å². The zero-order valence-electron chi connectivity index (χ0n) is 7.01. The van der Waals surface area contributed by atoms with Crippen molar-refractivity contribution in [2.45, 2.75) is 6.36 Å². The molecule has 0 aromatic heterocycles. The van der Waals surface area contributed by atoms with Crippen LogP contribution in [-0.2, 0) is 4.79 Å². The topological polar surface area (TPSA) is 46.5 Å². The van der Waals surface area contributed by atoms with Crippen molar-refractivity contribution in [3.63, 3.8) is 0 Å². The van der Waals surface area contributed by atoms with Gasteiger partial charge in [0.25, 0.3) is 0 Å². The molecule has 0 saturated carbocycles. The third kappa shape index (κ3) is 3.84. The van der Waals surface area contributed by atoms with E-state index < -0.39 is 12.3 Å². The van der Waals surface area contributed by atoms with Crippen LogP contribution in [0.2, 0.25) is 0 Å². The number of hydrogen-bond donors (Lipinski definition) is 1. The number of hydrogen-bond acceptors (Lipinski definition) is 2. The Bertz CT molecular complexity index is 374. The normalized spacial score (nSPS) is 12.3. The third-order valence-corrected chi connectivity index (χ3v) is 3.60. The summed E-state index contributed by atoms with van der Waals surface area (Å²) in [5.74, 6) is -1.35. The Balaban J connectivity index is 3.00. The maximum absolute atomic E-state index is 12.8. The molecular formula is C8H4FI3O3. The molecule has 1 N–H and O–H groups in total. The highest BCUT2D eigenvalue weighted by atomic mass is 127. The van der Waals surface area contributed by atoms with Crippen LogP contribution in [0.5, 0.6) is 5.75 Å². The van der Waals surface area contributed by atoms with Crippen LogP contribution in [0, 0.1) is 10.7 Å². The van der Waals surface area contributed by atoms with Crippen molar-refractivity contribution >= 4 is 73.7 Å². The third-order valence-electron chi connectivity index (χ3n) is 1.38. The molecule has 0 saturated heterocycles. The fourth-order valence-corrected chi connectivity index (χ4v) is 4.63. The Morgan fingerprint density at radius 3 is 2.20 bits per heavy atom. The van der Waals surface area contributed by atoms with E-state index in [2.05, 4.69) is 22.6 Å². The van der Waals surface area contributed by atoms with Gasteiger partial charge in [0.05, 0.1) is 7.14 Å². The molecule has 0 fully saturated rings. The van der Waals surface area contributed by atoms with Crippen LogP contribution in [0.3, 0.4) is 0 Å². The second-order valence-electron chi connectivity index (χ2n) is 2.47. The van der Waals surface area contributed by atoms with Crippen LogP contribution >= 0.6 is 67.8 Å². The Morgan fingerprint density at radius 2 is 1.80 bits per heavy atom. The maximum Gasteiger partial charge on any atom is 0.378 e. The number of alkyl halides is 1. The summed E-state index contributed by atoms with van der Waals surface area (Å²) in [6.45, 7) is 0. The summed E-state index contributed by atoms with van der Waals surface area (Å²) >= 11 is 6.07. The molecular weight excluding hydrogens is 544 g/mol. The lowest BCUT2D eigenvalue weighted by Gasteiger charge is -2.11. The smallest absolute Gasteiger partial charge is 0.378 e. The van der Waals surface area contributed by atoms with Gasteiger partial charge in [-0.25, -0.2) is 4.79 Å². The standard InChI is InChI=1S/C8H4FI3O3/c9-7(8(13)14)15-6-4(11)1-3(10)2-5(6)12/h1-2,7H,(H,13,14). The van der Waals surface area contributed by atoms with E-state index in [1.54, 1.807) is 12.1 Å². The molecule has 82 valence electrons. The average Bonchev–Trinajstić information content (AvgIpc) is 2.10. The van der Waals surface area contributed by atoms with Gasteiger partial charge < -0.3 is 9.84 Å². The highest BCUT2D eigenvalue weighted by Crippen LogP contribution is 2.30. The first-order valence-electron chi connectivity index (χ1n) is 3.60.